The molecule has 0 spiro atoms. The van der Waals surface area contributed by atoms with Crippen LogP contribution in [0.2, 0.25) is 0 Å². The molecule has 1 unspecified atom stereocenters. The van der Waals surface area contributed by atoms with Crippen LogP contribution < -0.4 is 10.2 Å². The summed E-state index contributed by atoms with van der Waals surface area (Å²) in [5.74, 6) is 0.164. The highest BCUT2D eigenvalue weighted by atomic mass is 16.1. The molecule has 20 heavy (non-hydrogen) atoms. The number of rotatable bonds is 4. The summed E-state index contributed by atoms with van der Waals surface area (Å²) in [4.78, 5) is 14.3. The summed E-state index contributed by atoms with van der Waals surface area (Å²) in [6.45, 7) is 8.13. The van der Waals surface area contributed by atoms with Crippen LogP contribution in [0.5, 0.6) is 0 Å². The Hall–Kier alpha value is -1.51. The third-order valence-corrected chi connectivity index (χ3v) is 3.69. The Kier molecular flexibility index (Phi) is 4.69. The van der Waals surface area contributed by atoms with Gasteiger partial charge in [0.15, 0.2) is 0 Å². The maximum atomic E-state index is 11.9. The Labute approximate surface area is 122 Å². The van der Waals surface area contributed by atoms with E-state index in [9.17, 15) is 4.79 Å². The zero-order valence-electron chi connectivity index (χ0n) is 12.9. The summed E-state index contributed by atoms with van der Waals surface area (Å²) in [7, 11) is 0. The smallest absolute Gasteiger partial charge is 0.220 e. The third kappa shape index (κ3) is 4.26. The molecule has 1 aliphatic heterocycles. The first-order chi connectivity index (χ1) is 9.46. The van der Waals surface area contributed by atoms with Crippen molar-refractivity contribution in [1.29, 1.82) is 0 Å². The molecule has 1 heterocycles. The molecule has 0 aliphatic carbocycles. The quantitative estimate of drug-likeness (QED) is 0.914. The molecule has 3 heteroatoms. The van der Waals surface area contributed by atoms with Gasteiger partial charge < -0.3 is 10.2 Å². The molecule has 2 rings (SSSR count). The molecule has 1 aromatic carbocycles. The summed E-state index contributed by atoms with van der Waals surface area (Å²) >= 11 is 0. The van der Waals surface area contributed by atoms with Crippen molar-refractivity contribution in [2.75, 3.05) is 18.0 Å². The van der Waals surface area contributed by atoms with Gasteiger partial charge in [0, 0.05) is 31.2 Å². The van der Waals surface area contributed by atoms with Crippen molar-refractivity contribution in [1.82, 2.24) is 5.32 Å². The molecule has 1 saturated heterocycles. The molecule has 0 bridgehead atoms. The number of hydrogen-bond donors (Lipinski definition) is 1. The molecular weight excluding hydrogens is 248 g/mol. The second-order valence-corrected chi connectivity index (χ2v) is 6.87. The van der Waals surface area contributed by atoms with E-state index < -0.39 is 0 Å². The zero-order chi connectivity index (χ0) is 14.6. The van der Waals surface area contributed by atoms with Gasteiger partial charge in [0.1, 0.15) is 0 Å². The molecule has 1 fully saturated rings. The maximum Gasteiger partial charge on any atom is 0.220 e. The van der Waals surface area contributed by atoms with Gasteiger partial charge in [-0.3, -0.25) is 4.79 Å². The van der Waals surface area contributed by atoms with Crippen LogP contribution in [-0.4, -0.2) is 25.0 Å². The van der Waals surface area contributed by atoms with E-state index in [0.717, 1.165) is 19.5 Å². The fourth-order valence-electron chi connectivity index (χ4n) is 2.78. The van der Waals surface area contributed by atoms with Crippen molar-refractivity contribution in [2.45, 2.75) is 46.1 Å². The normalized spacial score (nSPS) is 19.1. The Morgan fingerprint density at radius 1 is 1.30 bits per heavy atom. The van der Waals surface area contributed by atoms with E-state index in [0.29, 0.717) is 12.5 Å². The van der Waals surface area contributed by atoms with Gasteiger partial charge in [0.25, 0.3) is 0 Å². The van der Waals surface area contributed by atoms with Crippen molar-refractivity contribution in [3.8, 4) is 0 Å². The van der Waals surface area contributed by atoms with Crippen LogP contribution in [0.1, 0.15) is 40.0 Å². The first kappa shape index (κ1) is 14.9. The van der Waals surface area contributed by atoms with Crippen LogP contribution in [0.3, 0.4) is 0 Å². The highest BCUT2D eigenvalue weighted by Gasteiger charge is 2.25. The molecule has 0 saturated carbocycles. The second kappa shape index (κ2) is 6.29. The fourth-order valence-corrected chi connectivity index (χ4v) is 2.78. The summed E-state index contributed by atoms with van der Waals surface area (Å²) < 4.78 is 0. The molecule has 0 radical (unpaired) electrons. The Morgan fingerprint density at radius 2 is 2.00 bits per heavy atom. The number of para-hydroxylation sites is 1. The SMILES string of the molecule is CC(C)(C)CC(=O)NCC1CCCN1c1ccccc1. The largest absolute Gasteiger partial charge is 0.367 e. The molecule has 1 amide bonds. The van der Waals surface area contributed by atoms with E-state index in [4.69, 9.17) is 0 Å². The number of carbonyl (C=O) groups is 1. The zero-order valence-corrected chi connectivity index (χ0v) is 12.9. The molecule has 0 aromatic heterocycles. The number of carbonyl (C=O) groups excluding carboxylic acids is 1. The van der Waals surface area contributed by atoms with E-state index in [1.807, 2.05) is 6.07 Å². The summed E-state index contributed by atoms with van der Waals surface area (Å²) in [6, 6.07) is 10.9. The number of nitrogens with zero attached hydrogens (tertiary/aromatic N) is 1. The first-order valence-electron chi connectivity index (χ1n) is 7.54. The van der Waals surface area contributed by atoms with Crippen LogP contribution in [0.25, 0.3) is 0 Å². The molecule has 110 valence electrons. The molecule has 1 N–H and O–H groups in total. The van der Waals surface area contributed by atoms with Crippen molar-refractivity contribution < 1.29 is 4.79 Å². The van der Waals surface area contributed by atoms with Crippen molar-refractivity contribution in [3.05, 3.63) is 30.3 Å². The van der Waals surface area contributed by atoms with Gasteiger partial charge in [-0.2, -0.15) is 0 Å². The lowest BCUT2D eigenvalue weighted by Gasteiger charge is -2.27. The van der Waals surface area contributed by atoms with Gasteiger partial charge in [-0.15, -0.1) is 0 Å². The predicted octanol–water partition coefficient (Wildman–Crippen LogP) is 3.21. The molecule has 1 atom stereocenters. The monoisotopic (exact) mass is 274 g/mol. The number of hydrogen-bond acceptors (Lipinski definition) is 2. The van der Waals surface area contributed by atoms with E-state index in [1.54, 1.807) is 0 Å². The fraction of sp³-hybridized carbons (Fsp3) is 0.588. The van der Waals surface area contributed by atoms with Gasteiger partial charge in [-0.25, -0.2) is 0 Å². The summed E-state index contributed by atoms with van der Waals surface area (Å²) in [5, 5.41) is 3.10. The standard InChI is InChI=1S/C17H26N2O/c1-17(2,3)12-16(20)18-13-15-10-7-11-19(15)14-8-5-4-6-9-14/h4-6,8-9,15H,7,10-13H2,1-3H3,(H,18,20). The maximum absolute atomic E-state index is 11.9. The van der Waals surface area contributed by atoms with Gasteiger partial charge >= 0.3 is 0 Å². The number of anilines is 1. The van der Waals surface area contributed by atoms with Gasteiger partial charge in [-0.1, -0.05) is 39.0 Å². The number of benzene rings is 1. The number of nitrogens with one attached hydrogen (secondary N) is 1. The van der Waals surface area contributed by atoms with Crippen LogP contribution in [-0.2, 0) is 4.79 Å². The topological polar surface area (TPSA) is 32.3 Å². The molecule has 1 aromatic rings. The van der Waals surface area contributed by atoms with Crippen LogP contribution in [0.15, 0.2) is 30.3 Å². The van der Waals surface area contributed by atoms with Crippen LogP contribution >= 0.6 is 0 Å². The highest BCUT2D eigenvalue weighted by molar-refractivity contribution is 5.76. The lowest BCUT2D eigenvalue weighted by Crippen LogP contribution is -2.41. The van der Waals surface area contributed by atoms with Crippen LogP contribution in [0, 0.1) is 5.41 Å². The van der Waals surface area contributed by atoms with Gasteiger partial charge in [0.2, 0.25) is 5.91 Å². The van der Waals surface area contributed by atoms with Gasteiger partial charge in [0.05, 0.1) is 0 Å². The van der Waals surface area contributed by atoms with Gasteiger partial charge in [-0.05, 0) is 30.4 Å². The number of amides is 1. The van der Waals surface area contributed by atoms with Crippen molar-refractivity contribution in [3.63, 3.8) is 0 Å². The third-order valence-electron chi connectivity index (χ3n) is 3.69. The summed E-state index contributed by atoms with van der Waals surface area (Å²) in [6.07, 6.45) is 2.95. The highest BCUT2D eigenvalue weighted by Crippen LogP contribution is 2.25. The minimum absolute atomic E-state index is 0.0544. The molecular formula is C17H26N2O. The molecule has 3 nitrogen and oxygen atoms in total. The Bertz CT molecular complexity index is 436. The lowest BCUT2D eigenvalue weighted by molar-refractivity contribution is -0.122. The second-order valence-electron chi connectivity index (χ2n) is 6.87. The van der Waals surface area contributed by atoms with Crippen molar-refractivity contribution >= 4 is 11.6 Å². The van der Waals surface area contributed by atoms with E-state index in [1.165, 1.54) is 12.1 Å². The Morgan fingerprint density at radius 3 is 2.65 bits per heavy atom. The summed E-state index contributed by atoms with van der Waals surface area (Å²) in [5.41, 5.74) is 1.32. The van der Waals surface area contributed by atoms with Crippen LogP contribution in [0.4, 0.5) is 5.69 Å². The minimum atomic E-state index is 0.0544. The predicted molar refractivity (Wildman–Crippen MR) is 83.9 cm³/mol. The first-order valence-corrected chi connectivity index (χ1v) is 7.54. The average molecular weight is 274 g/mol. The minimum Gasteiger partial charge on any atom is -0.367 e. The Balaban J connectivity index is 1.88. The van der Waals surface area contributed by atoms with E-state index >= 15 is 0 Å². The van der Waals surface area contributed by atoms with E-state index in [2.05, 4.69) is 55.3 Å². The van der Waals surface area contributed by atoms with Crippen molar-refractivity contribution in [2.24, 2.45) is 5.41 Å². The van der Waals surface area contributed by atoms with E-state index in [-0.39, 0.29) is 11.3 Å². The molecule has 1 aliphatic rings. The average Bonchev–Trinajstić information content (AvgIpc) is 2.83. The lowest BCUT2D eigenvalue weighted by atomic mass is 9.92.